The molecule has 1 aromatic rings. The summed E-state index contributed by atoms with van der Waals surface area (Å²) >= 11 is 0. The van der Waals surface area contributed by atoms with Crippen molar-refractivity contribution in [3.63, 3.8) is 0 Å². The van der Waals surface area contributed by atoms with Gasteiger partial charge in [-0.25, -0.2) is 4.98 Å². The first-order valence-electron chi connectivity index (χ1n) is 7.38. The molecule has 1 saturated heterocycles. The molecule has 1 atom stereocenters. The van der Waals surface area contributed by atoms with Crippen molar-refractivity contribution in [2.24, 2.45) is 0 Å². The zero-order chi connectivity index (χ0) is 13.9. The van der Waals surface area contributed by atoms with Gasteiger partial charge in [0.05, 0.1) is 0 Å². The Hall–Kier alpha value is -1.09. The van der Waals surface area contributed by atoms with Crippen LogP contribution in [-0.2, 0) is 5.41 Å². The minimum atomic E-state index is 0.177. The van der Waals surface area contributed by atoms with E-state index in [4.69, 9.17) is 0 Å². The first kappa shape index (κ1) is 14.3. The molecule has 1 N–H and O–H groups in total. The van der Waals surface area contributed by atoms with E-state index in [2.05, 4.69) is 55.2 Å². The molecule has 3 heteroatoms. The SMILES string of the molecule is CN(c1ccc(C(C)(C)C)cn1)C1CCCNCC1. The number of hydrogen-bond donors (Lipinski definition) is 1. The first-order valence-corrected chi connectivity index (χ1v) is 7.38. The summed E-state index contributed by atoms with van der Waals surface area (Å²) in [5.74, 6) is 1.10. The van der Waals surface area contributed by atoms with Crippen LogP contribution >= 0.6 is 0 Å². The van der Waals surface area contributed by atoms with Crippen molar-refractivity contribution in [2.45, 2.75) is 51.5 Å². The average Bonchev–Trinajstić information content (AvgIpc) is 2.66. The quantitative estimate of drug-likeness (QED) is 0.887. The van der Waals surface area contributed by atoms with Crippen molar-refractivity contribution in [1.29, 1.82) is 0 Å². The Morgan fingerprint density at radius 2 is 2.00 bits per heavy atom. The van der Waals surface area contributed by atoms with E-state index in [9.17, 15) is 0 Å². The van der Waals surface area contributed by atoms with Crippen molar-refractivity contribution in [1.82, 2.24) is 10.3 Å². The van der Waals surface area contributed by atoms with Crippen molar-refractivity contribution in [3.8, 4) is 0 Å². The van der Waals surface area contributed by atoms with E-state index in [0.717, 1.165) is 18.9 Å². The molecule has 0 bridgehead atoms. The second-order valence-electron chi connectivity index (χ2n) is 6.60. The molecule has 2 rings (SSSR count). The minimum Gasteiger partial charge on any atom is -0.357 e. The lowest BCUT2D eigenvalue weighted by Gasteiger charge is -2.28. The highest BCUT2D eigenvalue weighted by Gasteiger charge is 2.19. The Morgan fingerprint density at radius 3 is 2.63 bits per heavy atom. The molecule has 1 fully saturated rings. The third kappa shape index (κ3) is 3.69. The van der Waals surface area contributed by atoms with Gasteiger partial charge in [-0.2, -0.15) is 0 Å². The highest BCUT2D eigenvalue weighted by molar-refractivity contribution is 5.40. The molecule has 1 aliphatic heterocycles. The van der Waals surface area contributed by atoms with Gasteiger partial charge >= 0.3 is 0 Å². The highest BCUT2D eigenvalue weighted by atomic mass is 15.2. The number of nitrogens with zero attached hydrogens (tertiary/aromatic N) is 2. The number of aromatic nitrogens is 1. The van der Waals surface area contributed by atoms with Crippen molar-refractivity contribution < 1.29 is 0 Å². The zero-order valence-electron chi connectivity index (χ0n) is 12.7. The second-order valence-corrected chi connectivity index (χ2v) is 6.60. The van der Waals surface area contributed by atoms with E-state index in [1.165, 1.54) is 24.8 Å². The molecule has 3 nitrogen and oxygen atoms in total. The standard InChI is InChI=1S/C16H27N3/c1-16(2,3)13-7-8-15(18-12-13)19(4)14-6-5-10-17-11-9-14/h7-8,12,14,17H,5-6,9-11H2,1-4H3. The van der Waals surface area contributed by atoms with Gasteiger partial charge in [-0.05, 0) is 49.4 Å². The lowest BCUT2D eigenvalue weighted by Crippen LogP contribution is -2.33. The van der Waals surface area contributed by atoms with Crippen LogP contribution in [0.25, 0.3) is 0 Å². The van der Waals surface area contributed by atoms with E-state index in [1.54, 1.807) is 0 Å². The summed E-state index contributed by atoms with van der Waals surface area (Å²) in [5, 5.41) is 3.47. The Kier molecular flexibility index (Phi) is 4.46. The van der Waals surface area contributed by atoms with Crippen LogP contribution in [0.5, 0.6) is 0 Å². The molecule has 2 heterocycles. The summed E-state index contributed by atoms with van der Waals surface area (Å²) in [7, 11) is 2.18. The molecule has 106 valence electrons. The molecule has 0 radical (unpaired) electrons. The maximum absolute atomic E-state index is 4.66. The third-order valence-electron chi connectivity index (χ3n) is 4.07. The van der Waals surface area contributed by atoms with Gasteiger partial charge in [0.25, 0.3) is 0 Å². The topological polar surface area (TPSA) is 28.2 Å². The van der Waals surface area contributed by atoms with Gasteiger partial charge in [-0.15, -0.1) is 0 Å². The molecular weight excluding hydrogens is 234 g/mol. The van der Waals surface area contributed by atoms with Gasteiger partial charge in [-0.1, -0.05) is 26.8 Å². The van der Waals surface area contributed by atoms with Crippen LogP contribution in [0.3, 0.4) is 0 Å². The van der Waals surface area contributed by atoms with Gasteiger partial charge in [0.1, 0.15) is 5.82 Å². The number of hydrogen-bond acceptors (Lipinski definition) is 3. The molecule has 1 unspecified atom stereocenters. The minimum absolute atomic E-state index is 0.177. The summed E-state index contributed by atoms with van der Waals surface area (Å²) in [6, 6.07) is 5.00. The van der Waals surface area contributed by atoms with Gasteiger partial charge in [-0.3, -0.25) is 0 Å². The summed E-state index contributed by atoms with van der Waals surface area (Å²) in [4.78, 5) is 7.00. The first-order chi connectivity index (χ1) is 8.98. The highest BCUT2D eigenvalue weighted by Crippen LogP contribution is 2.24. The van der Waals surface area contributed by atoms with Crippen LogP contribution in [0.4, 0.5) is 5.82 Å². The zero-order valence-corrected chi connectivity index (χ0v) is 12.7. The maximum Gasteiger partial charge on any atom is 0.128 e. The predicted octanol–water partition coefficient (Wildman–Crippen LogP) is 2.96. The summed E-state index contributed by atoms with van der Waals surface area (Å²) in [5.41, 5.74) is 1.48. The third-order valence-corrected chi connectivity index (χ3v) is 4.07. The van der Waals surface area contributed by atoms with Crippen LogP contribution < -0.4 is 10.2 Å². The summed E-state index contributed by atoms with van der Waals surface area (Å²) in [6.45, 7) is 8.95. The van der Waals surface area contributed by atoms with E-state index in [-0.39, 0.29) is 5.41 Å². The van der Waals surface area contributed by atoms with Crippen molar-refractivity contribution in [2.75, 3.05) is 25.0 Å². The van der Waals surface area contributed by atoms with E-state index >= 15 is 0 Å². The molecule has 0 aliphatic carbocycles. The maximum atomic E-state index is 4.66. The van der Waals surface area contributed by atoms with Crippen molar-refractivity contribution in [3.05, 3.63) is 23.9 Å². The Labute approximate surface area is 117 Å². The lowest BCUT2D eigenvalue weighted by molar-refractivity contribution is 0.560. The Morgan fingerprint density at radius 1 is 1.21 bits per heavy atom. The number of anilines is 1. The Bertz CT molecular complexity index is 383. The van der Waals surface area contributed by atoms with Crippen LogP contribution in [0, 0.1) is 0 Å². The van der Waals surface area contributed by atoms with Gasteiger partial charge in [0.2, 0.25) is 0 Å². The fraction of sp³-hybridized carbons (Fsp3) is 0.688. The van der Waals surface area contributed by atoms with Crippen LogP contribution in [0.1, 0.15) is 45.6 Å². The summed E-state index contributed by atoms with van der Waals surface area (Å²) in [6.07, 6.45) is 5.75. The molecule has 0 saturated carbocycles. The molecule has 0 spiro atoms. The Balaban J connectivity index is 2.08. The van der Waals surface area contributed by atoms with Gasteiger partial charge < -0.3 is 10.2 Å². The van der Waals surface area contributed by atoms with E-state index in [1.807, 2.05) is 6.20 Å². The van der Waals surface area contributed by atoms with Crippen LogP contribution in [0.15, 0.2) is 18.3 Å². The van der Waals surface area contributed by atoms with Gasteiger partial charge in [0, 0.05) is 19.3 Å². The molecule has 0 amide bonds. The second kappa shape index (κ2) is 5.91. The normalized spacial score (nSPS) is 20.9. The molecule has 1 aromatic heterocycles. The summed E-state index contributed by atoms with van der Waals surface area (Å²) < 4.78 is 0. The van der Waals surface area contributed by atoms with Gasteiger partial charge in [0.15, 0.2) is 0 Å². The number of pyridine rings is 1. The number of rotatable bonds is 2. The average molecular weight is 261 g/mol. The van der Waals surface area contributed by atoms with Crippen LogP contribution in [-0.4, -0.2) is 31.2 Å². The fourth-order valence-corrected chi connectivity index (χ4v) is 2.61. The monoisotopic (exact) mass is 261 g/mol. The van der Waals surface area contributed by atoms with E-state index in [0.29, 0.717) is 6.04 Å². The largest absolute Gasteiger partial charge is 0.357 e. The smallest absolute Gasteiger partial charge is 0.128 e. The molecule has 1 aliphatic rings. The van der Waals surface area contributed by atoms with Crippen LogP contribution in [0.2, 0.25) is 0 Å². The lowest BCUT2D eigenvalue weighted by atomic mass is 9.88. The molecule has 19 heavy (non-hydrogen) atoms. The fourth-order valence-electron chi connectivity index (χ4n) is 2.61. The van der Waals surface area contributed by atoms with E-state index < -0.39 is 0 Å². The predicted molar refractivity (Wildman–Crippen MR) is 81.8 cm³/mol. The molecular formula is C16H27N3. The number of nitrogens with one attached hydrogen (secondary N) is 1. The molecule has 0 aromatic carbocycles. The van der Waals surface area contributed by atoms with Crippen molar-refractivity contribution >= 4 is 5.82 Å².